The quantitative estimate of drug-likeness (QED) is 0.689. The number of aryl methyl sites for hydroxylation is 1. The number of nitrogens with one attached hydrogen (secondary N) is 2. The van der Waals surface area contributed by atoms with Gasteiger partial charge < -0.3 is 15.4 Å². The molecule has 0 saturated heterocycles. The van der Waals surface area contributed by atoms with E-state index < -0.39 is 18.4 Å². The second-order valence-electron chi connectivity index (χ2n) is 7.41. The van der Waals surface area contributed by atoms with E-state index in [0.29, 0.717) is 11.1 Å². The van der Waals surface area contributed by atoms with Gasteiger partial charge in [0.25, 0.3) is 5.91 Å². The third kappa shape index (κ3) is 6.79. The van der Waals surface area contributed by atoms with Crippen molar-refractivity contribution < 1.29 is 27.5 Å². The molecule has 30 heavy (non-hydrogen) atoms. The Hall–Kier alpha value is -3.03. The summed E-state index contributed by atoms with van der Waals surface area (Å²) in [6, 6.07) is 11.1. The number of alkyl halides is 3. The summed E-state index contributed by atoms with van der Waals surface area (Å²) in [6.07, 6.45) is -4.76. The van der Waals surface area contributed by atoms with E-state index in [-0.39, 0.29) is 23.5 Å². The molecule has 2 unspecified atom stereocenters. The molecular weight excluding hydrogens is 397 g/mol. The first-order valence-electron chi connectivity index (χ1n) is 9.50. The smallest absolute Gasteiger partial charge is 0.406 e. The Morgan fingerprint density at radius 1 is 0.967 bits per heavy atom. The highest BCUT2D eigenvalue weighted by Crippen LogP contribution is 2.24. The third-order valence-corrected chi connectivity index (χ3v) is 4.49. The van der Waals surface area contributed by atoms with Gasteiger partial charge in [-0.15, -0.1) is 13.2 Å². The van der Waals surface area contributed by atoms with Gasteiger partial charge in [-0.1, -0.05) is 43.7 Å². The summed E-state index contributed by atoms with van der Waals surface area (Å²) < 4.78 is 40.7. The summed E-state index contributed by atoms with van der Waals surface area (Å²) in [5.41, 5.74) is 1.99. The van der Waals surface area contributed by atoms with Crippen molar-refractivity contribution in [2.75, 3.05) is 0 Å². The van der Waals surface area contributed by atoms with Crippen LogP contribution in [0.15, 0.2) is 48.5 Å². The van der Waals surface area contributed by atoms with Crippen molar-refractivity contribution in [1.29, 1.82) is 0 Å². The van der Waals surface area contributed by atoms with E-state index in [1.165, 1.54) is 24.3 Å². The fraction of sp³-hybridized carbons (Fsp3) is 0.364. The van der Waals surface area contributed by atoms with Gasteiger partial charge in [-0.25, -0.2) is 0 Å². The van der Waals surface area contributed by atoms with Crippen LogP contribution >= 0.6 is 0 Å². The molecule has 2 aromatic carbocycles. The Bertz CT molecular complexity index is 880. The molecule has 0 aliphatic rings. The molecule has 2 atom stereocenters. The highest BCUT2D eigenvalue weighted by atomic mass is 19.4. The van der Waals surface area contributed by atoms with Crippen LogP contribution in [0.5, 0.6) is 5.75 Å². The zero-order valence-electron chi connectivity index (χ0n) is 17.2. The Labute approximate surface area is 173 Å². The Kier molecular flexibility index (Phi) is 7.48. The minimum Gasteiger partial charge on any atom is -0.406 e. The number of amides is 2. The maximum Gasteiger partial charge on any atom is 0.573 e. The van der Waals surface area contributed by atoms with E-state index in [4.69, 9.17) is 0 Å². The number of hydrogen-bond acceptors (Lipinski definition) is 3. The fourth-order valence-corrected chi connectivity index (χ4v) is 2.89. The number of carbonyl (C=O) groups is 2. The van der Waals surface area contributed by atoms with Gasteiger partial charge in [0.2, 0.25) is 5.91 Å². The van der Waals surface area contributed by atoms with E-state index >= 15 is 0 Å². The summed E-state index contributed by atoms with van der Waals surface area (Å²) >= 11 is 0. The van der Waals surface area contributed by atoms with Gasteiger partial charge in [0.05, 0.1) is 6.04 Å². The van der Waals surface area contributed by atoms with Crippen LogP contribution in [-0.2, 0) is 4.79 Å². The van der Waals surface area contributed by atoms with Gasteiger partial charge in [-0.05, 0) is 49.6 Å². The van der Waals surface area contributed by atoms with Gasteiger partial charge in [0.15, 0.2) is 0 Å². The van der Waals surface area contributed by atoms with E-state index in [1.54, 1.807) is 25.1 Å². The van der Waals surface area contributed by atoms with Crippen molar-refractivity contribution in [2.45, 2.75) is 46.1 Å². The third-order valence-electron chi connectivity index (χ3n) is 4.49. The number of carbonyl (C=O) groups excluding carboxylic acids is 2. The predicted octanol–water partition coefficient (Wildman–Crippen LogP) is 4.53. The lowest BCUT2D eigenvalue weighted by Gasteiger charge is -2.24. The van der Waals surface area contributed by atoms with Crippen molar-refractivity contribution in [3.05, 3.63) is 65.2 Å². The molecule has 2 amide bonds. The number of hydrogen-bond donors (Lipinski definition) is 2. The van der Waals surface area contributed by atoms with Crippen LogP contribution in [0.4, 0.5) is 13.2 Å². The molecule has 162 valence electrons. The first kappa shape index (κ1) is 23.3. The average Bonchev–Trinajstić information content (AvgIpc) is 2.64. The van der Waals surface area contributed by atoms with Crippen LogP contribution in [0.2, 0.25) is 0 Å². The molecule has 2 rings (SSSR count). The molecule has 0 aliphatic carbocycles. The normalized spacial score (nSPS) is 13.5. The average molecular weight is 422 g/mol. The molecule has 2 N–H and O–H groups in total. The van der Waals surface area contributed by atoms with Crippen LogP contribution in [0.1, 0.15) is 48.3 Å². The Balaban J connectivity index is 2.04. The van der Waals surface area contributed by atoms with E-state index in [2.05, 4.69) is 15.4 Å². The minimum absolute atomic E-state index is 0.173. The first-order chi connectivity index (χ1) is 14.0. The van der Waals surface area contributed by atoms with E-state index in [1.807, 2.05) is 26.8 Å². The van der Waals surface area contributed by atoms with Crippen LogP contribution in [0.3, 0.4) is 0 Å². The van der Waals surface area contributed by atoms with Crippen LogP contribution in [-0.4, -0.2) is 24.2 Å². The second-order valence-corrected chi connectivity index (χ2v) is 7.41. The fourth-order valence-electron chi connectivity index (χ4n) is 2.89. The molecule has 5 nitrogen and oxygen atoms in total. The lowest BCUT2D eigenvalue weighted by Crippen LogP contribution is -2.50. The lowest BCUT2D eigenvalue weighted by molar-refractivity contribution is -0.274. The van der Waals surface area contributed by atoms with Gasteiger partial charge in [-0.3, -0.25) is 9.59 Å². The van der Waals surface area contributed by atoms with Gasteiger partial charge in [0, 0.05) is 5.56 Å². The van der Waals surface area contributed by atoms with Crippen molar-refractivity contribution in [3.8, 4) is 5.75 Å². The summed E-state index contributed by atoms with van der Waals surface area (Å²) in [6.45, 7) is 7.21. The molecule has 8 heteroatoms. The Morgan fingerprint density at radius 2 is 1.60 bits per heavy atom. The standard InChI is InChI=1S/C22H25F3N2O3/c1-13(2)19(27-20(28)17-7-5-6-14(3)12-17)21(29)26-15(4)16-8-10-18(11-9-16)30-22(23,24)25/h5-13,15,19H,1-4H3,(H,26,29)(H,27,28). The zero-order valence-corrected chi connectivity index (χ0v) is 17.2. The number of rotatable bonds is 7. The molecule has 0 saturated carbocycles. The van der Waals surface area contributed by atoms with E-state index in [0.717, 1.165) is 5.56 Å². The van der Waals surface area contributed by atoms with Crippen LogP contribution < -0.4 is 15.4 Å². The maximum atomic E-state index is 12.8. The van der Waals surface area contributed by atoms with Gasteiger partial charge in [0.1, 0.15) is 11.8 Å². The summed E-state index contributed by atoms with van der Waals surface area (Å²) in [5, 5.41) is 5.55. The SMILES string of the molecule is Cc1cccc(C(=O)NC(C(=O)NC(C)c2ccc(OC(F)(F)F)cc2)C(C)C)c1. The number of halogens is 3. The zero-order chi connectivity index (χ0) is 22.5. The molecule has 0 spiro atoms. The molecular formula is C22H25F3N2O3. The monoisotopic (exact) mass is 422 g/mol. The second kappa shape index (κ2) is 9.65. The molecule has 0 aliphatic heterocycles. The van der Waals surface area contributed by atoms with Crippen molar-refractivity contribution >= 4 is 11.8 Å². The lowest BCUT2D eigenvalue weighted by atomic mass is 10.0. The maximum absolute atomic E-state index is 12.8. The molecule has 0 aromatic heterocycles. The molecule has 0 fully saturated rings. The Morgan fingerprint density at radius 3 is 2.13 bits per heavy atom. The van der Waals surface area contributed by atoms with Gasteiger partial charge in [-0.2, -0.15) is 0 Å². The predicted molar refractivity (Wildman–Crippen MR) is 107 cm³/mol. The topological polar surface area (TPSA) is 67.4 Å². The largest absolute Gasteiger partial charge is 0.573 e. The van der Waals surface area contributed by atoms with Gasteiger partial charge >= 0.3 is 6.36 Å². The van der Waals surface area contributed by atoms with Crippen molar-refractivity contribution in [3.63, 3.8) is 0 Å². The summed E-state index contributed by atoms with van der Waals surface area (Å²) in [7, 11) is 0. The molecule has 0 heterocycles. The van der Waals surface area contributed by atoms with Crippen LogP contribution in [0, 0.1) is 12.8 Å². The number of benzene rings is 2. The molecule has 2 aromatic rings. The molecule has 0 radical (unpaired) electrons. The summed E-state index contributed by atoms with van der Waals surface area (Å²) in [5.74, 6) is -1.24. The highest BCUT2D eigenvalue weighted by molar-refractivity contribution is 5.97. The van der Waals surface area contributed by atoms with E-state index in [9.17, 15) is 22.8 Å². The highest BCUT2D eigenvalue weighted by Gasteiger charge is 2.31. The molecule has 0 bridgehead atoms. The van der Waals surface area contributed by atoms with Crippen molar-refractivity contribution in [2.24, 2.45) is 5.92 Å². The van der Waals surface area contributed by atoms with Crippen molar-refractivity contribution in [1.82, 2.24) is 10.6 Å². The van der Waals surface area contributed by atoms with Crippen LogP contribution in [0.25, 0.3) is 0 Å². The first-order valence-corrected chi connectivity index (χ1v) is 9.50. The summed E-state index contributed by atoms with van der Waals surface area (Å²) in [4.78, 5) is 25.3. The minimum atomic E-state index is -4.76. The number of ether oxygens (including phenoxy) is 1.